The van der Waals surface area contributed by atoms with Gasteiger partial charge in [-0.05, 0) is 28.1 Å². The van der Waals surface area contributed by atoms with Crippen LogP contribution in [0.3, 0.4) is 0 Å². The van der Waals surface area contributed by atoms with E-state index in [1.807, 2.05) is 6.07 Å². The van der Waals surface area contributed by atoms with E-state index in [0.717, 1.165) is 0 Å². The van der Waals surface area contributed by atoms with Gasteiger partial charge in [-0.15, -0.1) is 11.6 Å². The molecule has 0 amide bonds. The van der Waals surface area contributed by atoms with Gasteiger partial charge in [0.2, 0.25) is 0 Å². The van der Waals surface area contributed by atoms with Crippen LogP contribution in [0.1, 0.15) is 5.69 Å². The van der Waals surface area contributed by atoms with Crippen molar-refractivity contribution in [3.63, 3.8) is 0 Å². The van der Waals surface area contributed by atoms with Crippen molar-refractivity contribution >= 4 is 33.2 Å². The number of halogens is 2. The quantitative estimate of drug-likeness (QED) is 0.590. The topological polar surface area (TPSA) is 34.4 Å². The van der Waals surface area contributed by atoms with Crippen molar-refractivity contribution in [2.75, 3.05) is 0 Å². The molecule has 0 aliphatic rings. The smallest absolute Gasteiger partial charge is 0.259 e. The van der Waals surface area contributed by atoms with E-state index in [2.05, 4.69) is 20.9 Å². The maximum atomic E-state index is 11.6. The molecule has 14 heavy (non-hydrogen) atoms. The van der Waals surface area contributed by atoms with Crippen molar-refractivity contribution in [3.8, 4) is 0 Å². The Morgan fingerprint density at radius 2 is 2.29 bits per heavy atom. The van der Waals surface area contributed by atoms with E-state index in [1.165, 1.54) is 10.5 Å². The van der Waals surface area contributed by atoms with Crippen molar-refractivity contribution in [1.82, 2.24) is 9.38 Å². The van der Waals surface area contributed by atoms with E-state index in [9.17, 15) is 4.79 Å². The number of hydrogen-bond donors (Lipinski definition) is 0. The molecule has 0 saturated heterocycles. The van der Waals surface area contributed by atoms with Gasteiger partial charge in [-0.25, -0.2) is 4.98 Å². The highest BCUT2D eigenvalue weighted by atomic mass is 79.9. The molecule has 3 nitrogen and oxygen atoms in total. The van der Waals surface area contributed by atoms with Crippen LogP contribution in [0.25, 0.3) is 5.65 Å². The van der Waals surface area contributed by atoms with E-state index >= 15 is 0 Å². The van der Waals surface area contributed by atoms with Gasteiger partial charge in [-0.2, -0.15) is 0 Å². The minimum Gasteiger partial charge on any atom is -0.269 e. The molecule has 0 bridgehead atoms. The van der Waals surface area contributed by atoms with Gasteiger partial charge in [0.25, 0.3) is 5.56 Å². The number of aromatic nitrogens is 2. The average molecular weight is 274 g/mol. The molecule has 0 aliphatic heterocycles. The predicted octanol–water partition coefficient (Wildman–Crippen LogP) is 2.20. The zero-order valence-corrected chi connectivity index (χ0v) is 9.42. The first-order valence-electron chi connectivity index (χ1n) is 3.95. The highest BCUT2D eigenvalue weighted by Gasteiger charge is 2.03. The van der Waals surface area contributed by atoms with Crippen molar-refractivity contribution in [2.24, 2.45) is 0 Å². The van der Waals surface area contributed by atoms with Crippen LogP contribution in [0.2, 0.25) is 0 Å². The largest absolute Gasteiger partial charge is 0.269 e. The van der Waals surface area contributed by atoms with Crippen LogP contribution in [0.4, 0.5) is 0 Å². The Balaban J connectivity index is 2.90. The molecule has 2 aromatic rings. The summed E-state index contributed by atoms with van der Waals surface area (Å²) in [5.41, 5.74) is 1.07. The lowest BCUT2D eigenvalue weighted by molar-refractivity contribution is 0.988. The minimum absolute atomic E-state index is 0.127. The Labute approximate surface area is 93.5 Å². The van der Waals surface area contributed by atoms with Crippen LogP contribution in [0.5, 0.6) is 0 Å². The third-order valence-corrected chi connectivity index (χ3v) is 2.72. The molecule has 0 aromatic carbocycles. The molecule has 0 unspecified atom stereocenters. The number of hydrogen-bond acceptors (Lipinski definition) is 2. The molecule has 2 rings (SSSR count). The van der Waals surface area contributed by atoms with Crippen LogP contribution in [-0.4, -0.2) is 9.38 Å². The summed E-state index contributed by atoms with van der Waals surface area (Å²) in [5, 5.41) is 0. The van der Waals surface area contributed by atoms with E-state index in [1.54, 1.807) is 12.1 Å². The fraction of sp³-hybridized carbons (Fsp3) is 0.111. The Kier molecular flexibility index (Phi) is 2.56. The first kappa shape index (κ1) is 9.68. The molecule has 72 valence electrons. The average Bonchev–Trinajstić information content (AvgIpc) is 2.17. The van der Waals surface area contributed by atoms with Gasteiger partial charge in [-0.1, -0.05) is 6.07 Å². The van der Waals surface area contributed by atoms with E-state index < -0.39 is 0 Å². The van der Waals surface area contributed by atoms with Crippen molar-refractivity contribution in [2.45, 2.75) is 5.88 Å². The molecule has 0 saturated carbocycles. The molecule has 2 aromatic heterocycles. The summed E-state index contributed by atoms with van der Waals surface area (Å²) >= 11 is 8.90. The molecule has 0 atom stereocenters. The molecule has 5 heteroatoms. The number of fused-ring (bicyclic) bond motifs is 1. The van der Waals surface area contributed by atoms with Gasteiger partial charge in [-0.3, -0.25) is 9.20 Å². The molecule has 0 aliphatic carbocycles. The van der Waals surface area contributed by atoms with Crippen molar-refractivity contribution < 1.29 is 0 Å². The predicted molar refractivity (Wildman–Crippen MR) is 58.7 cm³/mol. The van der Waals surface area contributed by atoms with Crippen LogP contribution in [0.15, 0.2) is 33.7 Å². The third-order valence-electron chi connectivity index (χ3n) is 1.83. The molecule has 2 heterocycles. The summed E-state index contributed by atoms with van der Waals surface area (Å²) in [6.07, 6.45) is 0. The fourth-order valence-electron chi connectivity index (χ4n) is 1.23. The minimum atomic E-state index is -0.127. The van der Waals surface area contributed by atoms with Crippen LogP contribution >= 0.6 is 27.5 Å². The monoisotopic (exact) mass is 272 g/mol. The van der Waals surface area contributed by atoms with Gasteiger partial charge < -0.3 is 0 Å². The summed E-state index contributed by atoms with van der Waals surface area (Å²) < 4.78 is 2.17. The second-order valence-corrected chi connectivity index (χ2v) is 3.84. The maximum Gasteiger partial charge on any atom is 0.259 e. The van der Waals surface area contributed by atoms with Crippen molar-refractivity contribution in [3.05, 3.63) is 44.9 Å². The summed E-state index contributed by atoms with van der Waals surface area (Å²) in [6, 6.07) is 6.81. The number of nitrogens with zero attached hydrogens (tertiary/aromatic N) is 2. The van der Waals surface area contributed by atoms with E-state index in [0.29, 0.717) is 15.9 Å². The Bertz CT molecular complexity index is 538. The zero-order valence-electron chi connectivity index (χ0n) is 7.08. The molecular weight excluding hydrogens is 267 g/mol. The molecule has 0 N–H and O–H groups in total. The van der Waals surface area contributed by atoms with Crippen LogP contribution < -0.4 is 5.56 Å². The molecule has 0 spiro atoms. The van der Waals surface area contributed by atoms with Gasteiger partial charge in [0.1, 0.15) is 5.65 Å². The first-order valence-corrected chi connectivity index (χ1v) is 5.28. The van der Waals surface area contributed by atoms with Gasteiger partial charge >= 0.3 is 0 Å². The molecule has 0 radical (unpaired) electrons. The zero-order chi connectivity index (χ0) is 10.1. The van der Waals surface area contributed by atoms with Crippen LogP contribution in [0, 0.1) is 0 Å². The summed E-state index contributed by atoms with van der Waals surface area (Å²) in [6.45, 7) is 0. The summed E-state index contributed by atoms with van der Waals surface area (Å²) in [7, 11) is 0. The fourth-order valence-corrected chi connectivity index (χ4v) is 1.88. The highest BCUT2D eigenvalue weighted by molar-refractivity contribution is 9.10. The summed E-state index contributed by atoms with van der Waals surface area (Å²) in [5.74, 6) is 0.248. The molecular formula is C9H6BrClN2O. The van der Waals surface area contributed by atoms with Gasteiger partial charge in [0, 0.05) is 6.07 Å². The normalized spacial score (nSPS) is 10.7. The second kappa shape index (κ2) is 3.71. The number of alkyl halides is 1. The lowest BCUT2D eigenvalue weighted by Gasteiger charge is -2.03. The van der Waals surface area contributed by atoms with Crippen molar-refractivity contribution in [1.29, 1.82) is 0 Å². The van der Waals surface area contributed by atoms with E-state index in [4.69, 9.17) is 11.6 Å². The Hall–Kier alpha value is -0.870. The molecule has 0 fully saturated rings. The Morgan fingerprint density at radius 1 is 1.50 bits per heavy atom. The number of rotatable bonds is 1. The first-order chi connectivity index (χ1) is 6.72. The third kappa shape index (κ3) is 1.55. The lowest BCUT2D eigenvalue weighted by Crippen LogP contribution is -2.15. The lowest BCUT2D eigenvalue weighted by atomic mass is 10.4. The second-order valence-electron chi connectivity index (χ2n) is 2.76. The highest BCUT2D eigenvalue weighted by Crippen LogP contribution is 2.10. The maximum absolute atomic E-state index is 11.6. The standard InChI is InChI=1S/C9H6BrClN2O/c10-7-2-1-3-8-12-6(5-11)4-9(14)13(7)8/h1-4H,5H2. The van der Waals surface area contributed by atoms with Crippen LogP contribution in [-0.2, 0) is 5.88 Å². The van der Waals surface area contributed by atoms with E-state index in [-0.39, 0.29) is 11.4 Å². The number of pyridine rings is 1. The SMILES string of the molecule is O=c1cc(CCl)nc2cccc(Br)n12. The summed E-state index contributed by atoms with van der Waals surface area (Å²) in [4.78, 5) is 15.8. The Morgan fingerprint density at radius 3 is 3.00 bits per heavy atom. The van der Waals surface area contributed by atoms with Gasteiger partial charge in [0.15, 0.2) is 0 Å². The van der Waals surface area contributed by atoms with Gasteiger partial charge in [0.05, 0.1) is 16.2 Å².